The van der Waals surface area contributed by atoms with Gasteiger partial charge in [0.25, 0.3) is 0 Å². The van der Waals surface area contributed by atoms with Crippen molar-refractivity contribution in [3.05, 3.63) is 12.2 Å². The third-order valence-electron chi connectivity index (χ3n) is 3.59. The van der Waals surface area contributed by atoms with Crippen molar-refractivity contribution in [2.24, 2.45) is 0 Å². The van der Waals surface area contributed by atoms with Gasteiger partial charge < -0.3 is 9.47 Å². The molecular formula is C19H34O4. The van der Waals surface area contributed by atoms with Crippen LogP contribution in [-0.4, -0.2) is 25.2 Å². The molecule has 0 saturated heterocycles. The van der Waals surface area contributed by atoms with Crippen molar-refractivity contribution >= 4 is 11.9 Å². The minimum Gasteiger partial charge on any atom is -0.463 e. The molecule has 0 unspecified atom stereocenters. The smallest absolute Gasteiger partial charge is 0.331 e. The second kappa shape index (κ2) is 17.0. The molecule has 4 nitrogen and oxygen atoms in total. The first-order valence-electron chi connectivity index (χ1n) is 9.22. The molecule has 0 aliphatic heterocycles. The van der Waals surface area contributed by atoms with E-state index in [1.54, 1.807) is 0 Å². The molecule has 0 aliphatic carbocycles. The zero-order valence-electron chi connectivity index (χ0n) is 15.0. The summed E-state index contributed by atoms with van der Waals surface area (Å²) in [5.74, 6) is -0.955. The predicted molar refractivity (Wildman–Crippen MR) is 93.2 cm³/mol. The van der Waals surface area contributed by atoms with Gasteiger partial charge in [0.15, 0.2) is 0 Å². The van der Waals surface area contributed by atoms with Crippen molar-refractivity contribution in [1.82, 2.24) is 0 Å². The molecule has 0 bridgehead atoms. The lowest BCUT2D eigenvalue weighted by molar-refractivity contribution is -0.140. The standard InChI is InChI=1S/C19H34O4/c1-3-5-7-8-9-10-11-13-17-23-19(21)15-14-18(20)22-16-12-6-4-2/h14-15H,3-13,16-17H2,1-2H3/b15-14+. The van der Waals surface area contributed by atoms with Crippen LogP contribution in [0.25, 0.3) is 0 Å². The second-order valence-corrected chi connectivity index (χ2v) is 5.85. The van der Waals surface area contributed by atoms with Gasteiger partial charge >= 0.3 is 11.9 Å². The normalized spacial score (nSPS) is 10.9. The van der Waals surface area contributed by atoms with Crippen LogP contribution < -0.4 is 0 Å². The molecule has 0 aromatic heterocycles. The fraction of sp³-hybridized carbons (Fsp3) is 0.789. The number of hydrogen-bond donors (Lipinski definition) is 0. The highest BCUT2D eigenvalue weighted by atomic mass is 16.5. The van der Waals surface area contributed by atoms with Crippen molar-refractivity contribution < 1.29 is 19.1 Å². The van der Waals surface area contributed by atoms with Crippen molar-refractivity contribution in [2.45, 2.75) is 84.5 Å². The maximum absolute atomic E-state index is 11.4. The molecule has 0 aliphatic rings. The van der Waals surface area contributed by atoms with Crippen LogP contribution in [-0.2, 0) is 19.1 Å². The zero-order chi connectivity index (χ0) is 17.2. The summed E-state index contributed by atoms with van der Waals surface area (Å²) in [6.45, 7) is 5.13. The Bertz CT molecular complexity index is 323. The SMILES string of the molecule is CCCCCCCCCCOC(=O)/C=C/C(=O)OCCCCC. The maximum Gasteiger partial charge on any atom is 0.331 e. The van der Waals surface area contributed by atoms with Gasteiger partial charge in [-0.1, -0.05) is 71.6 Å². The van der Waals surface area contributed by atoms with Gasteiger partial charge in [-0.3, -0.25) is 0 Å². The number of carbonyl (C=O) groups excluding carboxylic acids is 2. The average Bonchev–Trinajstić information content (AvgIpc) is 2.55. The number of rotatable bonds is 15. The van der Waals surface area contributed by atoms with Gasteiger partial charge in [0, 0.05) is 12.2 Å². The summed E-state index contributed by atoms with van der Waals surface area (Å²) >= 11 is 0. The Morgan fingerprint density at radius 2 is 0.957 bits per heavy atom. The second-order valence-electron chi connectivity index (χ2n) is 5.85. The van der Waals surface area contributed by atoms with E-state index in [1.165, 1.54) is 38.5 Å². The monoisotopic (exact) mass is 326 g/mol. The first-order chi connectivity index (χ1) is 11.2. The van der Waals surface area contributed by atoms with E-state index in [0.29, 0.717) is 13.2 Å². The summed E-state index contributed by atoms with van der Waals surface area (Å²) in [7, 11) is 0. The van der Waals surface area contributed by atoms with Crippen molar-refractivity contribution in [2.75, 3.05) is 13.2 Å². The molecule has 0 fully saturated rings. The molecule has 23 heavy (non-hydrogen) atoms. The average molecular weight is 326 g/mol. The Morgan fingerprint density at radius 1 is 0.609 bits per heavy atom. The summed E-state index contributed by atoms with van der Waals surface area (Å²) in [6.07, 6.45) is 14.9. The van der Waals surface area contributed by atoms with E-state index in [9.17, 15) is 9.59 Å². The van der Waals surface area contributed by atoms with Crippen LogP contribution >= 0.6 is 0 Å². The quantitative estimate of drug-likeness (QED) is 0.242. The Balaban J connectivity index is 3.45. The summed E-state index contributed by atoms with van der Waals surface area (Å²) in [5.41, 5.74) is 0. The first-order valence-corrected chi connectivity index (χ1v) is 9.22. The van der Waals surface area contributed by atoms with E-state index in [4.69, 9.17) is 9.47 Å². The van der Waals surface area contributed by atoms with Gasteiger partial charge in [0.2, 0.25) is 0 Å². The Hall–Kier alpha value is -1.32. The molecular weight excluding hydrogens is 292 g/mol. The summed E-state index contributed by atoms with van der Waals surface area (Å²) in [5, 5.41) is 0. The van der Waals surface area contributed by atoms with Crippen LogP contribution in [0.3, 0.4) is 0 Å². The molecule has 0 N–H and O–H groups in total. The lowest BCUT2D eigenvalue weighted by Gasteiger charge is -2.03. The van der Waals surface area contributed by atoms with Crippen LogP contribution in [0.15, 0.2) is 12.2 Å². The van der Waals surface area contributed by atoms with Crippen LogP contribution in [0.2, 0.25) is 0 Å². The fourth-order valence-corrected chi connectivity index (χ4v) is 2.17. The summed E-state index contributed by atoms with van der Waals surface area (Å²) in [6, 6.07) is 0. The predicted octanol–water partition coefficient (Wildman–Crippen LogP) is 4.96. The van der Waals surface area contributed by atoms with E-state index in [1.807, 2.05) is 0 Å². The van der Waals surface area contributed by atoms with E-state index >= 15 is 0 Å². The molecule has 0 atom stereocenters. The molecule has 4 heteroatoms. The number of ether oxygens (including phenoxy) is 2. The first kappa shape index (κ1) is 21.7. The highest BCUT2D eigenvalue weighted by Crippen LogP contribution is 2.08. The number of unbranched alkanes of at least 4 members (excludes halogenated alkanes) is 9. The van der Waals surface area contributed by atoms with Crippen LogP contribution in [0.5, 0.6) is 0 Å². The topological polar surface area (TPSA) is 52.6 Å². The summed E-state index contributed by atoms with van der Waals surface area (Å²) < 4.78 is 10.0. The molecule has 0 radical (unpaired) electrons. The van der Waals surface area contributed by atoms with Gasteiger partial charge in [-0.05, 0) is 12.8 Å². The van der Waals surface area contributed by atoms with Crippen molar-refractivity contribution in [1.29, 1.82) is 0 Å². The van der Waals surface area contributed by atoms with Crippen LogP contribution in [0, 0.1) is 0 Å². The largest absolute Gasteiger partial charge is 0.463 e. The molecule has 0 aromatic carbocycles. The Morgan fingerprint density at radius 3 is 1.43 bits per heavy atom. The third-order valence-corrected chi connectivity index (χ3v) is 3.59. The number of hydrogen-bond acceptors (Lipinski definition) is 4. The molecule has 0 rings (SSSR count). The summed E-state index contributed by atoms with van der Waals surface area (Å²) in [4.78, 5) is 22.7. The lowest BCUT2D eigenvalue weighted by atomic mass is 10.1. The van der Waals surface area contributed by atoms with Gasteiger partial charge in [-0.2, -0.15) is 0 Å². The van der Waals surface area contributed by atoms with Crippen molar-refractivity contribution in [3.8, 4) is 0 Å². The molecule has 0 heterocycles. The minimum atomic E-state index is -0.481. The number of esters is 2. The van der Waals surface area contributed by atoms with Gasteiger partial charge in [0.1, 0.15) is 0 Å². The highest BCUT2D eigenvalue weighted by molar-refractivity contribution is 5.91. The molecule has 134 valence electrons. The lowest BCUT2D eigenvalue weighted by Crippen LogP contribution is -2.06. The molecule has 0 spiro atoms. The Kier molecular flexibility index (Phi) is 16.1. The zero-order valence-corrected chi connectivity index (χ0v) is 15.0. The van der Waals surface area contributed by atoms with Gasteiger partial charge in [-0.15, -0.1) is 0 Å². The van der Waals surface area contributed by atoms with Gasteiger partial charge in [-0.25, -0.2) is 9.59 Å². The van der Waals surface area contributed by atoms with E-state index in [0.717, 1.165) is 44.3 Å². The van der Waals surface area contributed by atoms with E-state index in [-0.39, 0.29) is 0 Å². The highest BCUT2D eigenvalue weighted by Gasteiger charge is 2.01. The minimum absolute atomic E-state index is 0.407. The van der Waals surface area contributed by atoms with Crippen LogP contribution in [0.1, 0.15) is 84.5 Å². The fourth-order valence-electron chi connectivity index (χ4n) is 2.17. The molecule has 0 aromatic rings. The van der Waals surface area contributed by atoms with Crippen molar-refractivity contribution in [3.63, 3.8) is 0 Å². The molecule has 0 saturated carbocycles. The van der Waals surface area contributed by atoms with Crippen LogP contribution in [0.4, 0.5) is 0 Å². The molecule has 0 amide bonds. The van der Waals surface area contributed by atoms with Gasteiger partial charge in [0.05, 0.1) is 13.2 Å². The maximum atomic E-state index is 11.4. The van der Waals surface area contributed by atoms with E-state index < -0.39 is 11.9 Å². The Labute approximate surface area is 141 Å². The van der Waals surface area contributed by atoms with E-state index in [2.05, 4.69) is 13.8 Å². The number of carbonyl (C=O) groups is 2. The third kappa shape index (κ3) is 16.9.